The van der Waals surface area contributed by atoms with E-state index in [9.17, 15) is 14.7 Å². The number of carbonyl (C=O) groups is 2. The number of nitrogens with one attached hydrogen (secondary N) is 2. The zero-order chi connectivity index (χ0) is 15.2. The Morgan fingerprint density at radius 2 is 2.14 bits per heavy atom. The van der Waals surface area contributed by atoms with Gasteiger partial charge in [-0.1, -0.05) is 19.3 Å². The second-order valence-electron chi connectivity index (χ2n) is 5.42. The molecule has 1 atom stereocenters. The van der Waals surface area contributed by atoms with Crippen molar-refractivity contribution < 1.29 is 14.7 Å². The summed E-state index contributed by atoms with van der Waals surface area (Å²) in [4.78, 5) is 27.5. The quantitative estimate of drug-likeness (QED) is 0.778. The Bertz CT molecular complexity index is 497. The van der Waals surface area contributed by atoms with E-state index in [2.05, 4.69) is 15.6 Å². The average Bonchev–Trinajstić information content (AvgIpc) is 2.89. The zero-order valence-electron chi connectivity index (χ0n) is 12.1. The first-order valence-corrected chi connectivity index (χ1v) is 8.12. The lowest BCUT2D eigenvalue weighted by atomic mass is 9.84. The number of hydrogen-bond donors (Lipinski definition) is 3. The van der Waals surface area contributed by atoms with Gasteiger partial charge in [-0.05, 0) is 25.7 Å². The van der Waals surface area contributed by atoms with Crippen molar-refractivity contribution in [1.82, 2.24) is 15.6 Å². The molecule has 1 fully saturated rings. The van der Waals surface area contributed by atoms with Gasteiger partial charge in [0.2, 0.25) is 0 Å². The molecule has 0 aromatic carbocycles. The summed E-state index contributed by atoms with van der Waals surface area (Å²) in [5, 5.41) is 17.3. The van der Waals surface area contributed by atoms with Gasteiger partial charge in [0, 0.05) is 11.1 Å². The number of carboxylic acids is 1. The van der Waals surface area contributed by atoms with Crippen LogP contribution in [0.1, 0.15) is 42.8 Å². The number of nitrogens with zero attached hydrogens (tertiary/aromatic N) is 1. The Balaban J connectivity index is 1.84. The molecule has 0 bridgehead atoms. The first-order valence-electron chi connectivity index (χ1n) is 7.24. The van der Waals surface area contributed by atoms with Crippen molar-refractivity contribution in [3.8, 4) is 0 Å². The van der Waals surface area contributed by atoms with Gasteiger partial charge in [-0.15, -0.1) is 11.3 Å². The highest BCUT2D eigenvalue weighted by Crippen LogP contribution is 2.26. The molecule has 2 rings (SSSR count). The summed E-state index contributed by atoms with van der Waals surface area (Å²) in [6, 6.07) is -1.25. The Morgan fingerprint density at radius 3 is 2.71 bits per heavy atom. The number of hydrogen-bond acceptors (Lipinski definition) is 4. The van der Waals surface area contributed by atoms with Crippen molar-refractivity contribution in [2.24, 2.45) is 5.92 Å². The lowest BCUT2D eigenvalue weighted by Gasteiger charge is -2.27. The fourth-order valence-electron chi connectivity index (χ4n) is 2.68. The van der Waals surface area contributed by atoms with Crippen LogP contribution in [0.4, 0.5) is 4.79 Å². The lowest BCUT2D eigenvalue weighted by molar-refractivity contribution is -0.141. The van der Waals surface area contributed by atoms with Crippen molar-refractivity contribution in [2.75, 3.05) is 0 Å². The number of thiazole rings is 1. The molecule has 3 N–H and O–H groups in total. The lowest BCUT2D eigenvalue weighted by Crippen LogP contribution is -2.50. The van der Waals surface area contributed by atoms with Gasteiger partial charge in [-0.25, -0.2) is 14.6 Å². The number of carboxylic acid groups (broad SMARTS) is 1. The SMILES string of the molecule is Cc1csc(CNC(=O)NC(C(=O)O)C2CCCCC2)n1. The molecule has 1 aromatic heterocycles. The first kappa shape index (κ1) is 15.8. The van der Waals surface area contributed by atoms with Crippen LogP contribution in [0.3, 0.4) is 0 Å². The van der Waals surface area contributed by atoms with E-state index in [-0.39, 0.29) is 5.92 Å². The third-order valence-corrected chi connectivity index (χ3v) is 4.71. The molecule has 0 spiro atoms. The van der Waals surface area contributed by atoms with Gasteiger partial charge < -0.3 is 15.7 Å². The minimum Gasteiger partial charge on any atom is -0.480 e. The van der Waals surface area contributed by atoms with Gasteiger partial charge >= 0.3 is 12.0 Å². The summed E-state index contributed by atoms with van der Waals surface area (Å²) in [7, 11) is 0. The molecule has 116 valence electrons. The van der Waals surface area contributed by atoms with Gasteiger partial charge in [-0.3, -0.25) is 0 Å². The minimum atomic E-state index is -0.956. The molecule has 1 saturated carbocycles. The van der Waals surface area contributed by atoms with Gasteiger partial charge in [0.15, 0.2) is 0 Å². The van der Waals surface area contributed by atoms with Crippen LogP contribution in [0, 0.1) is 12.8 Å². The Labute approximate surface area is 128 Å². The molecule has 1 heterocycles. The van der Waals surface area contributed by atoms with E-state index < -0.39 is 18.0 Å². The number of rotatable bonds is 5. The largest absolute Gasteiger partial charge is 0.480 e. The maximum absolute atomic E-state index is 11.9. The van der Waals surface area contributed by atoms with Crippen LogP contribution in [0.25, 0.3) is 0 Å². The Kier molecular flexibility index (Phi) is 5.55. The topological polar surface area (TPSA) is 91.3 Å². The fraction of sp³-hybridized carbons (Fsp3) is 0.643. The van der Waals surface area contributed by atoms with Crippen LogP contribution in [0.2, 0.25) is 0 Å². The molecule has 6 nitrogen and oxygen atoms in total. The molecule has 0 radical (unpaired) electrons. The molecule has 1 unspecified atom stereocenters. The normalized spacial score (nSPS) is 17.2. The molecule has 1 aliphatic rings. The summed E-state index contributed by atoms with van der Waals surface area (Å²) >= 11 is 1.47. The van der Waals surface area contributed by atoms with Crippen LogP contribution in [-0.2, 0) is 11.3 Å². The third kappa shape index (κ3) is 4.70. The molecular weight excluding hydrogens is 290 g/mol. The van der Waals surface area contributed by atoms with Crippen LogP contribution in [-0.4, -0.2) is 28.1 Å². The molecule has 1 aromatic rings. The highest BCUT2D eigenvalue weighted by atomic mass is 32.1. The molecule has 1 aliphatic carbocycles. The van der Waals surface area contributed by atoms with E-state index >= 15 is 0 Å². The molecule has 0 saturated heterocycles. The summed E-state index contributed by atoms with van der Waals surface area (Å²) in [5.74, 6) is -0.925. The second-order valence-corrected chi connectivity index (χ2v) is 6.37. The first-order chi connectivity index (χ1) is 10.1. The number of aromatic nitrogens is 1. The van der Waals surface area contributed by atoms with Crippen molar-refractivity contribution in [1.29, 1.82) is 0 Å². The van der Waals surface area contributed by atoms with Crippen molar-refractivity contribution >= 4 is 23.3 Å². The van der Waals surface area contributed by atoms with Gasteiger partial charge in [-0.2, -0.15) is 0 Å². The van der Waals surface area contributed by atoms with Crippen LogP contribution in [0.5, 0.6) is 0 Å². The molecule has 7 heteroatoms. The summed E-state index contributed by atoms with van der Waals surface area (Å²) in [6.07, 6.45) is 4.95. The fourth-order valence-corrected chi connectivity index (χ4v) is 3.39. The number of carbonyl (C=O) groups excluding carboxylic acids is 1. The molecule has 21 heavy (non-hydrogen) atoms. The minimum absolute atomic E-state index is 0.0316. The smallest absolute Gasteiger partial charge is 0.326 e. The van der Waals surface area contributed by atoms with Crippen molar-refractivity contribution in [3.05, 3.63) is 16.1 Å². The predicted octanol–water partition coefficient (Wildman–Crippen LogP) is 2.28. The second kappa shape index (κ2) is 7.40. The highest BCUT2D eigenvalue weighted by Gasteiger charge is 2.30. The Hall–Kier alpha value is -1.63. The van der Waals surface area contributed by atoms with E-state index in [4.69, 9.17) is 0 Å². The predicted molar refractivity (Wildman–Crippen MR) is 80.2 cm³/mol. The van der Waals surface area contributed by atoms with E-state index in [0.29, 0.717) is 6.54 Å². The van der Waals surface area contributed by atoms with E-state index in [1.807, 2.05) is 12.3 Å². The highest BCUT2D eigenvalue weighted by molar-refractivity contribution is 7.09. The maximum Gasteiger partial charge on any atom is 0.326 e. The molecule has 2 amide bonds. The summed E-state index contributed by atoms with van der Waals surface area (Å²) in [5.41, 5.74) is 0.919. The van der Waals surface area contributed by atoms with E-state index in [1.54, 1.807) is 0 Å². The van der Waals surface area contributed by atoms with E-state index in [0.717, 1.165) is 42.8 Å². The van der Waals surface area contributed by atoms with Gasteiger partial charge in [0.25, 0.3) is 0 Å². The van der Waals surface area contributed by atoms with Crippen molar-refractivity contribution in [2.45, 2.75) is 51.6 Å². The third-order valence-electron chi connectivity index (χ3n) is 3.74. The van der Waals surface area contributed by atoms with Gasteiger partial charge in [0.1, 0.15) is 11.0 Å². The summed E-state index contributed by atoms with van der Waals surface area (Å²) in [6.45, 7) is 2.21. The van der Waals surface area contributed by atoms with E-state index in [1.165, 1.54) is 11.3 Å². The number of aryl methyl sites for hydroxylation is 1. The number of aliphatic carboxylic acids is 1. The van der Waals surface area contributed by atoms with Gasteiger partial charge in [0.05, 0.1) is 6.54 Å². The average molecular weight is 311 g/mol. The number of amides is 2. The standard InChI is InChI=1S/C14H21N3O3S/c1-9-8-21-11(16-9)7-15-14(20)17-12(13(18)19)10-5-3-2-4-6-10/h8,10,12H,2-7H2,1H3,(H,18,19)(H2,15,17,20). The molecular formula is C14H21N3O3S. The monoisotopic (exact) mass is 311 g/mol. The van der Waals surface area contributed by atoms with Crippen LogP contribution < -0.4 is 10.6 Å². The van der Waals surface area contributed by atoms with Crippen LogP contribution in [0.15, 0.2) is 5.38 Å². The molecule has 0 aliphatic heterocycles. The van der Waals surface area contributed by atoms with Crippen LogP contribution >= 0.6 is 11.3 Å². The Morgan fingerprint density at radius 1 is 1.43 bits per heavy atom. The summed E-state index contributed by atoms with van der Waals surface area (Å²) < 4.78 is 0. The maximum atomic E-state index is 11.9. The number of urea groups is 1. The zero-order valence-corrected chi connectivity index (χ0v) is 12.9. The van der Waals surface area contributed by atoms with Crippen molar-refractivity contribution in [3.63, 3.8) is 0 Å².